The molecule has 0 unspecified atom stereocenters. The number of nitrogens with zero attached hydrogens (tertiary/aromatic N) is 2. The van der Waals surface area contributed by atoms with Gasteiger partial charge in [-0.1, -0.05) is 30.3 Å². The molecule has 0 radical (unpaired) electrons. The highest BCUT2D eigenvalue weighted by atomic mass is 32.2. The minimum Gasteiger partial charge on any atom is -0.366 e. The molecule has 142 valence electrons. The lowest BCUT2D eigenvalue weighted by molar-refractivity contribution is -0.115. The molecule has 2 aliphatic rings. The van der Waals surface area contributed by atoms with Crippen molar-refractivity contribution in [1.82, 2.24) is 5.32 Å². The number of carbonyl (C=O) groups is 1. The lowest BCUT2D eigenvalue weighted by Gasteiger charge is -2.40. The Morgan fingerprint density at radius 2 is 1.89 bits per heavy atom. The number of para-hydroxylation sites is 1. The Morgan fingerprint density at radius 3 is 2.64 bits per heavy atom. The molecule has 1 N–H and O–H groups in total. The highest BCUT2D eigenvalue weighted by Crippen LogP contribution is 2.39. The Morgan fingerprint density at radius 1 is 1.14 bits per heavy atom. The molecule has 1 saturated heterocycles. The van der Waals surface area contributed by atoms with Crippen LogP contribution in [0.4, 0.5) is 11.4 Å². The van der Waals surface area contributed by atoms with Gasteiger partial charge in [0.1, 0.15) is 0 Å². The van der Waals surface area contributed by atoms with E-state index in [0.29, 0.717) is 10.1 Å². The zero-order valence-electron chi connectivity index (χ0n) is 16.5. The van der Waals surface area contributed by atoms with Crippen LogP contribution in [0.25, 0.3) is 11.6 Å². The third-order valence-corrected chi connectivity index (χ3v) is 6.09. The molecule has 4 nitrogen and oxygen atoms in total. The Kier molecular flexibility index (Phi) is 4.63. The summed E-state index contributed by atoms with van der Waals surface area (Å²) in [5, 5.41) is 3.46. The highest BCUT2D eigenvalue weighted by Gasteiger charge is 2.29. The molecule has 2 aromatic carbocycles. The number of likely N-dealkylation sites (N-methyl/N-ethyl adjacent to an activating group) is 1. The Balaban J connectivity index is 1.63. The predicted molar refractivity (Wildman–Crippen MR) is 120 cm³/mol. The van der Waals surface area contributed by atoms with Crippen molar-refractivity contribution in [2.75, 3.05) is 11.9 Å². The van der Waals surface area contributed by atoms with E-state index in [9.17, 15) is 4.79 Å². The van der Waals surface area contributed by atoms with E-state index in [1.54, 1.807) is 0 Å². The molecule has 2 heterocycles. The van der Waals surface area contributed by atoms with Gasteiger partial charge < -0.3 is 10.2 Å². The van der Waals surface area contributed by atoms with Crippen LogP contribution < -0.4 is 10.2 Å². The Hall–Kier alpha value is -2.79. The third kappa shape index (κ3) is 3.50. The molecule has 1 amide bonds. The van der Waals surface area contributed by atoms with Crippen LogP contribution in [0.15, 0.2) is 64.5 Å². The fourth-order valence-corrected chi connectivity index (χ4v) is 4.36. The van der Waals surface area contributed by atoms with Crippen LogP contribution in [0.3, 0.4) is 0 Å². The summed E-state index contributed by atoms with van der Waals surface area (Å²) in [4.78, 5) is 19.8. The second kappa shape index (κ2) is 6.99. The minimum atomic E-state index is -0.108. The van der Waals surface area contributed by atoms with Gasteiger partial charge in [0.05, 0.1) is 16.1 Å². The van der Waals surface area contributed by atoms with Gasteiger partial charge in [-0.25, -0.2) is 4.99 Å². The van der Waals surface area contributed by atoms with Crippen LogP contribution in [-0.2, 0) is 4.79 Å². The van der Waals surface area contributed by atoms with Crippen LogP contribution in [0.2, 0.25) is 0 Å². The quantitative estimate of drug-likeness (QED) is 0.717. The second-order valence-electron chi connectivity index (χ2n) is 7.63. The molecule has 5 heteroatoms. The zero-order valence-corrected chi connectivity index (χ0v) is 17.3. The number of allylic oxidation sites excluding steroid dienone is 1. The van der Waals surface area contributed by atoms with E-state index in [2.05, 4.69) is 67.3 Å². The van der Waals surface area contributed by atoms with Crippen molar-refractivity contribution >= 4 is 45.9 Å². The van der Waals surface area contributed by atoms with E-state index < -0.39 is 0 Å². The van der Waals surface area contributed by atoms with Crippen LogP contribution in [-0.4, -0.2) is 23.7 Å². The van der Waals surface area contributed by atoms with Crippen LogP contribution in [0.1, 0.15) is 31.9 Å². The van der Waals surface area contributed by atoms with Crippen molar-refractivity contribution in [2.45, 2.75) is 26.3 Å². The van der Waals surface area contributed by atoms with Crippen molar-refractivity contribution in [2.24, 2.45) is 4.99 Å². The molecule has 0 atom stereocenters. The summed E-state index contributed by atoms with van der Waals surface area (Å²) < 4.78 is 0. The molecule has 0 spiro atoms. The van der Waals surface area contributed by atoms with E-state index in [-0.39, 0.29) is 11.4 Å². The smallest absolute Gasteiger partial charge is 0.264 e. The fraction of sp³-hybridized carbons (Fsp3) is 0.217. The van der Waals surface area contributed by atoms with Crippen molar-refractivity contribution in [3.05, 3.63) is 70.6 Å². The molecule has 0 saturated carbocycles. The summed E-state index contributed by atoms with van der Waals surface area (Å²) in [5.74, 6) is -0.108. The number of nitrogens with one attached hydrogen (secondary N) is 1. The third-order valence-electron chi connectivity index (χ3n) is 5.18. The second-order valence-corrected chi connectivity index (χ2v) is 8.66. The number of amides is 1. The fourth-order valence-electron chi connectivity index (χ4n) is 3.52. The number of rotatable bonds is 2. The first-order chi connectivity index (χ1) is 13.3. The number of hydrogen-bond donors (Lipinski definition) is 1. The molecule has 0 aliphatic carbocycles. The van der Waals surface area contributed by atoms with E-state index in [1.165, 1.54) is 28.6 Å². The number of fused-ring (bicyclic) bond motifs is 1. The number of amidine groups is 1. The topological polar surface area (TPSA) is 44.7 Å². The maximum Gasteiger partial charge on any atom is 0.264 e. The van der Waals surface area contributed by atoms with Gasteiger partial charge in [0.2, 0.25) is 0 Å². The molecule has 1 fully saturated rings. The number of hydrogen-bond acceptors (Lipinski definition) is 4. The molecule has 28 heavy (non-hydrogen) atoms. The summed E-state index contributed by atoms with van der Waals surface area (Å²) in [6.07, 6.45) is 4.22. The summed E-state index contributed by atoms with van der Waals surface area (Å²) in [5.41, 5.74) is 5.50. The van der Waals surface area contributed by atoms with Gasteiger partial charge in [-0.2, -0.15) is 0 Å². The standard InChI is InChI=1S/C23H23N3OS/c1-15-14-23(2,3)26(4)19-11-10-16(12-18(15)19)13-20-21(27)25-22(28-20)24-17-8-6-5-7-9-17/h5-14H,1-4H3,(H,24,25,27)/b20-13-. The first-order valence-corrected chi connectivity index (χ1v) is 10.1. The average Bonchev–Trinajstić information content (AvgIpc) is 2.99. The molecule has 2 aliphatic heterocycles. The van der Waals surface area contributed by atoms with Crippen LogP contribution >= 0.6 is 11.8 Å². The largest absolute Gasteiger partial charge is 0.366 e. The van der Waals surface area contributed by atoms with Gasteiger partial charge in [0.25, 0.3) is 5.91 Å². The monoisotopic (exact) mass is 389 g/mol. The maximum absolute atomic E-state index is 12.4. The number of thioether (sulfide) groups is 1. The summed E-state index contributed by atoms with van der Waals surface area (Å²) in [6.45, 7) is 6.57. The van der Waals surface area contributed by atoms with Crippen LogP contribution in [0.5, 0.6) is 0 Å². The molecule has 2 aromatic rings. The first kappa shape index (κ1) is 18.6. The van der Waals surface area contributed by atoms with Gasteiger partial charge in [-0.15, -0.1) is 0 Å². The Bertz CT molecular complexity index is 1040. The summed E-state index contributed by atoms with van der Waals surface area (Å²) in [6, 6.07) is 16.0. The predicted octanol–water partition coefficient (Wildman–Crippen LogP) is 5.21. The van der Waals surface area contributed by atoms with E-state index in [0.717, 1.165) is 11.3 Å². The van der Waals surface area contributed by atoms with Gasteiger partial charge >= 0.3 is 0 Å². The molecular weight excluding hydrogens is 366 g/mol. The molecular formula is C23H23N3OS. The SMILES string of the molecule is CC1=CC(C)(C)N(C)c2ccc(/C=C3\SC(=Nc4ccccc4)NC3=O)cc21. The maximum atomic E-state index is 12.4. The number of carbonyl (C=O) groups excluding carboxylic acids is 1. The van der Waals surface area contributed by atoms with Crippen molar-refractivity contribution in [3.8, 4) is 0 Å². The van der Waals surface area contributed by atoms with Crippen molar-refractivity contribution < 1.29 is 4.79 Å². The van der Waals surface area contributed by atoms with Gasteiger partial charge in [0, 0.05) is 18.3 Å². The van der Waals surface area contributed by atoms with Gasteiger partial charge in [0.15, 0.2) is 5.17 Å². The van der Waals surface area contributed by atoms with E-state index >= 15 is 0 Å². The van der Waals surface area contributed by atoms with Gasteiger partial charge in [-0.3, -0.25) is 4.79 Å². The van der Waals surface area contributed by atoms with Crippen molar-refractivity contribution in [1.29, 1.82) is 0 Å². The minimum absolute atomic E-state index is 0.0128. The average molecular weight is 390 g/mol. The van der Waals surface area contributed by atoms with Gasteiger partial charge in [-0.05, 0) is 74.0 Å². The van der Waals surface area contributed by atoms with Crippen molar-refractivity contribution in [3.63, 3.8) is 0 Å². The van der Waals surface area contributed by atoms with E-state index in [1.807, 2.05) is 36.4 Å². The summed E-state index contributed by atoms with van der Waals surface area (Å²) in [7, 11) is 2.12. The zero-order chi connectivity index (χ0) is 19.9. The summed E-state index contributed by atoms with van der Waals surface area (Å²) >= 11 is 1.37. The Labute approximate surface area is 170 Å². The lowest BCUT2D eigenvalue weighted by atomic mass is 9.88. The number of benzene rings is 2. The number of aliphatic imine (C=N–C) groups is 1. The van der Waals surface area contributed by atoms with Crippen LogP contribution in [0, 0.1) is 0 Å². The molecule has 0 bridgehead atoms. The normalized spacial score (nSPS) is 20.9. The lowest BCUT2D eigenvalue weighted by Crippen LogP contribution is -2.42. The number of anilines is 1. The first-order valence-electron chi connectivity index (χ1n) is 9.26. The molecule has 0 aromatic heterocycles. The van der Waals surface area contributed by atoms with E-state index in [4.69, 9.17) is 0 Å². The highest BCUT2D eigenvalue weighted by molar-refractivity contribution is 8.18. The molecule has 4 rings (SSSR count).